The quantitative estimate of drug-likeness (QED) is 0.835. The lowest BCUT2D eigenvalue weighted by Crippen LogP contribution is -2.23. The van der Waals surface area contributed by atoms with E-state index in [2.05, 4.69) is 9.69 Å². The third kappa shape index (κ3) is 4.55. The minimum atomic E-state index is -0.103. The number of nitrogens with zero attached hydrogens (tertiary/aromatic N) is 1. The van der Waals surface area contributed by atoms with E-state index < -0.39 is 0 Å². The van der Waals surface area contributed by atoms with Gasteiger partial charge in [0.25, 0.3) is 0 Å². The molecule has 0 bridgehead atoms. The fourth-order valence-electron chi connectivity index (χ4n) is 0.903. The molecular formula is C8H14ClN3OS. The van der Waals surface area contributed by atoms with Crippen LogP contribution in [0.3, 0.4) is 0 Å². The number of carbonyl (C=O) groups is 1. The first kappa shape index (κ1) is 13.4. The molecule has 1 heterocycles. The molecule has 80 valence electrons. The number of nitrogens with one attached hydrogen (secondary N) is 1. The van der Waals surface area contributed by atoms with E-state index in [1.807, 2.05) is 13.0 Å². The van der Waals surface area contributed by atoms with Crippen molar-refractivity contribution in [2.75, 3.05) is 5.32 Å². The van der Waals surface area contributed by atoms with Crippen molar-refractivity contribution in [2.45, 2.75) is 26.3 Å². The molecule has 1 aromatic rings. The van der Waals surface area contributed by atoms with Gasteiger partial charge in [-0.05, 0) is 31.4 Å². The fourth-order valence-corrected chi connectivity index (χ4v) is 1.58. The van der Waals surface area contributed by atoms with Crippen molar-refractivity contribution in [3.05, 3.63) is 11.8 Å². The molecule has 0 fully saturated rings. The predicted molar refractivity (Wildman–Crippen MR) is 61.0 cm³/mol. The molecule has 6 heteroatoms. The molecule has 1 unspecified atom stereocenters. The molecule has 0 aromatic carbocycles. The number of rotatable bonds is 3. The number of amides is 1. The lowest BCUT2D eigenvalue weighted by Gasteiger charge is -2.03. The Hall–Kier alpha value is -0.650. The van der Waals surface area contributed by atoms with Gasteiger partial charge in [-0.25, -0.2) is 0 Å². The van der Waals surface area contributed by atoms with Crippen LogP contribution in [0.4, 0.5) is 5.00 Å². The minimum Gasteiger partial charge on any atom is -0.327 e. The van der Waals surface area contributed by atoms with Crippen molar-refractivity contribution in [3.8, 4) is 0 Å². The summed E-state index contributed by atoms with van der Waals surface area (Å²) in [5.41, 5.74) is 6.40. The van der Waals surface area contributed by atoms with Crippen LogP contribution in [-0.4, -0.2) is 16.3 Å². The van der Waals surface area contributed by atoms with Crippen molar-refractivity contribution in [2.24, 2.45) is 5.73 Å². The van der Waals surface area contributed by atoms with E-state index in [1.54, 1.807) is 6.92 Å². The maximum atomic E-state index is 11.2. The highest BCUT2D eigenvalue weighted by Gasteiger charge is 2.06. The van der Waals surface area contributed by atoms with E-state index in [4.69, 9.17) is 5.73 Å². The second-order valence-corrected chi connectivity index (χ2v) is 3.87. The molecule has 3 N–H and O–H groups in total. The molecule has 1 aromatic heterocycles. The summed E-state index contributed by atoms with van der Waals surface area (Å²) in [6, 6.07) is 1.73. The molecular weight excluding hydrogens is 222 g/mol. The van der Waals surface area contributed by atoms with E-state index in [9.17, 15) is 4.79 Å². The molecule has 0 aliphatic heterocycles. The fraction of sp³-hybridized carbons (Fsp3) is 0.500. The number of aryl methyl sites for hydroxylation is 1. The molecule has 14 heavy (non-hydrogen) atoms. The lowest BCUT2D eigenvalue weighted by atomic mass is 10.2. The van der Waals surface area contributed by atoms with Gasteiger partial charge in [0, 0.05) is 12.5 Å². The van der Waals surface area contributed by atoms with E-state index in [0.717, 1.165) is 10.7 Å². The summed E-state index contributed by atoms with van der Waals surface area (Å²) in [7, 11) is 0. The first-order valence-electron chi connectivity index (χ1n) is 4.06. The van der Waals surface area contributed by atoms with Crippen molar-refractivity contribution in [3.63, 3.8) is 0 Å². The van der Waals surface area contributed by atoms with Gasteiger partial charge in [0.2, 0.25) is 5.91 Å². The van der Waals surface area contributed by atoms with Crippen molar-refractivity contribution < 1.29 is 4.79 Å². The third-order valence-electron chi connectivity index (χ3n) is 1.40. The molecule has 1 rings (SSSR count). The minimum absolute atomic E-state index is 0. The molecule has 1 amide bonds. The normalized spacial score (nSPS) is 11.6. The highest BCUT2D eigenvalue weighted by Crippen LogP contribution is 2.15. The summed E-state index contributed by atoms with van der Waals surface area (Å²) in [5, 5.41) is 3.51. The first-order valence-corrected chi connectivity index (χ1v) is 4.84. The summed E-state index contributed by atoms with van der Waals surface area (Å²) in [6.07, 6.45) is 0.344. The first-order chi connectivity index (χ1) is 6.08. The maximum absolute atomic E-state index is 11.2. The molecule has 0 aliphatic carbocycles. The summed E-state index contributed by atoms with van der Waals surface area (Å²) >= 11 is 1.28. The average Bonchev–Trinajstić information content (AvgIpc) is 2.33. The molecule has 0 aliphatic rings. The van der Waals surface area contributed by atoms with Gasteiger partial charge in [-0.15, -0.1) is 12.4 Å². The summed E-state index contributed by atoms with van der Waals surface area (Å²) in [5.74, 6) is -0.0568. The second-order valence-electron chi connectivity index (χ2n) is 3.06. The van der Waals surface area contributed by atoms with Gasteiger partial charge in [-0.3, -0.25) is 4.79 Å². The SMILES string of the molecule is Cc1cc(NC(=O)CC(C)N)sn1.Cl. The predicted octanol–water partition coefficient (Wildman–Crippen LogP) is 1.55. The van der Waals surface area contributed by atoms with Crippen LogP contribution >= 0.6 is 23.9 Å². The van der Waals surface area contributed by atoms with Gasteiger partial charge < -0.3 is 11.1 Å². The Morgan fingerprint density at radius 1 is 1.79 bits per heavy atom. The van der Waals surface area contributed by atoms with Crippen LogP contribution < -0.4 is 11.1 Å². The molecule has 0 spiro atoms. The maximum Gasteiger partial charge on any atom is 0.226 e. The largest absolute Gasteiger partial charge is 0.327 e. The van der Waals surface area contributed by atoms with E-state index >= 15 is 0 Å². The lowest BCUT2D eigenvalue weighted by molar-refractivity contribution is -0.116. The summed E-state index contributed by atoms with van der Waals surface area (Å²) in [4.78, 5) is 11.2. The Morgan fingerprint density at radius 3 is 2.86 bits per heavy atom. The van der Waals surface area contributed by atoms with Crippen molar-refractivity contribution in [1.82, 2.24) is 4.37 Å². The molecule has 0 saturated heterocycles. The van der Waals surface area contributed by atoms with E-state index in [-0.39, 0.29) is 24.4 Å². The van der Waals surface area contributed by atoms with Gasteiger partial charge >= 0.3 is 0 Å². The Labute approximate surface area is 93.5 Å². The topological polar surface area (TPSA) is 68.0 Å². The molecule has 0 saturated carbocycles. The Balaban J connectivity index is 0.00000169. The van der Waals surface area contributed by atoms with Gasteiger partial charge in [0.15, 0.2) is 0 Å². The van der Waals surface area contributed by atoms with Crippen LogP contribution in [0.15, 0.2) is 6.07 Å². The van der Waals surface area contributed by atoms with Crippen LogP contribution in [0.25, 0.3) is 0 Å². The van der Waals surface area contributed by atoms with E-state index in [1.165, 1.54) is 11.5 Å². The van der Waals surface area contributed by atoms with Crippen LogP contribution in [-0.2, 0) is 4.79 Å². The van der Waals surface area contributed by atoms with Gasteiger partial charge in [-0.1, -0.05) is 0 Å². The van der Waals surface area contributed by atoms with Crippen LogP contribution in [0, 0.1) is 6.92 Å². The summed E-state index contributed by atoms with van der Waals surface area (Å²) in [6.45, 7) is 3.69. The number of nitrogens with two attached hydrogens (primary N) is 1. The number of aromatic nitrogens is 1. The van der Waals surface area contributed by atoms with Gasteiger partial charge in [-0.2, -0.15) is 4.37 Å². The molecule has 4 nitrogen and oxygen atoms in total. The second kappa shape index (κ2) is 5.95. The third-order valence-corrected chi connectivity index (χ3v) is 2.19. The number of carbonyl (C=O) groups excluding carboxylic acids is 1. The standard InChI is InChI=1S/C8H13N3OS.ClH/c1-5(9)3-7(12)10-8-4-6(2)11-13-8;/h4-5H,3,9H2,1-2H3,(H,10,12);1H. The average molecular weight is 236 g/mol. The summed E-state index contributed by atoms with van der Waals surface area (Å²) < 4.78 is 4.04. The van der Waals surface area contributed by atoms with E-state index in [0.29, 0.717) is 6.42 Å². The smallest absolute Gasteiger partial charge is 0.226 e. The van der Waals surface area contributed by atoms with Crippen LogP contribution in [0.5, 0.6) is 0 Å². The highest BCUT2D eigenvalue weighted by molar-refractivity contribution is 7.10. The molecule has 0 radical (unpaired) electrons. The number of halogens is 1. The Kier molecular flexibility index (Phi) is 5.68. The highest BCUT2D eigenvalue weighted by atomic mass is 35.5. The zero-order valence-electron chi connectivity index (χ0n) is 8.11. The zero-order chi connectivity index (χ0) is 9.84. The van der Waals surface area contributed by atoms with Crippen molar-refractivity contribution >= 4 is 34.8 Å². The zero-order valence-corrected chi connectivity index (χ0v) is 9.74. The number of hydrogen-bond donors (Lipinski definition) is 2. The Bertz CT molecular complexity index is 301. The molecule has 1 atom stereocenters. The van der Waals surface area contributed by atoms with Crippen LogP contribution in [0.1, 0.15) is 19.0 Å². The van der Waals surface area contributed by atoms with Gasteiger partial charge in [0.1, 0.15) is 5.00 Å². The number of anilines is 1. The van der Waals surface area contributed by atoms with Crippen molar-refractivity contribution in [1.29, 1.82) is 0 Å². The monoisotopic (exact) mass is 235 g/mol. The van der Waals surface area contributed by atoms with Crippen LogP contribution in [0.2, 0.25) is 0 Å². The Morgan fingerprint density at radius 2 is 2.43 bits per heavy atom. The number of hydrogen-bond acceptors (Lipinski definition) is 4. The van der Waals surface area contributed by atoms with Gasteiger partial charge in [0.05, 0.1) is 5.69 Å².